The molecular weight excluding hydrogens is 272 g/mol. The first-order valence-electron chi connectivity index (χ1n) is 7.68. The summed E-state index contributed by atoms with van der Waals surface area (Å²) >= 11 is 5.22. The summed E-state index contributed by atoms with van der Waals surface area (Å²) in [5.74, 6) is 0.00722. The van der Waals surface area contributed by atoms with E-state index in [1.54, 1.807) is 0 Å². The van der Waals surface area contributed by atoms with Gasteiger partial charge in [0.05, 0.1) is 16.5 Å². The fourth-order valence-electron chi connectivity index (χ4n) is 3.02. The molecule has 1 rings (SSSR count). The van der Waals surface area contributed by atoms with Crippen molar-refractivity contribution in [3.05, 3.63) is 0 Å². The van der Waals surface area contributed by atoms with Crippen molar-refractivity contribution >= 4 is 23.1 Å². The minimum atomic E-state index is -0.680. The number of rotatable bonds is 7. The molecule has 1 amide bonds. The summed E-state index contributed by atoms with van der Waals surface area (Å²) in [6, 6.07) is 0.175. The Morgan fingerprint density at radius 2 is 2.00 bits per heavy atom. The van der Waals surface area contributed by atoms with Gasteiger partial charge in [0.2, 0.25) is 5.91 Å². The molecule has 5 heteroatoms. The summed E-state index contributed by atoms with van der Waals surface area (Å²) in [4.78, 5) is 13.1. The lowest BCUT2D eigenvalue weighted by Gasteiger charge is -2.35. The van der Waals surface area contributed by atoms with Crippen LogP contribution in [0.15, 0.2) is 0 Å². The number of nitrogens with one attached hydrogen (secondary N) is 1. The zero-order chi connectivity index (χ0) is 15.2. The molecule has 1 fully saturated rings. The fraction of sp³-hybridized carbons (Fsp3) is 0.867. The van der Waals surface area contributed by atoms with Crippen molar-refractivity contribution in [3.8, 4) is 0 Å². The second-order valence-corrected chi connectivity index (χ2v) is 6.26. The first-order valence-corrected chi connectivity index (χ1v) is 8.09. The maximum Gasteiger partial charge on any atom is 0.233 e. The van der Waals surface area contributed by atoms with Gasteiger partial charge in [-0.2, -0.15) is 0 Å². The lowest BCUT2D eigenvalue weighted by Crippen LogP contribution is -2.53. The molecule has 116 valence electrons. The van der Waals surface area contributed by atoms with E-state index in [2.05, 4.69) is 19.2 Å². The Balaban J connectivity index is 2.78. The largest absolute Gasteiger partial charge is 0.392 e. The Morgan fingerprint density at radius 1 is 1.40 bits per heavy atom. The molecule has 0 radical (unpaired) electrons. The molecule has 0 saturated carbocycles. The van der Waals surface area contributed by atoms with E-state index in [0.717, 1.165) is 38.5 Å². The molecule has 0 aliphatic carbocycles. The second-order valence-electron chi connectivity index (χ2n) is 5.82. The minimum absolute atomic E-state index is 0.00722. The Hall–Kier alpha value is -0.680. The zero-order valence-corrected chi connectivity index (χ0v) is 13.7. The molecule has 3 N–H and O–H groups in total. The molecule has 1 aliphatic heterocycles. The van der Waals surface area contributed by atoms with Crippen molar-refractivity contribution in [1.82, 2.24) is 5.32 Å². The number of hydrogen-bond donors (Lipinski definition) is 2. The molecule has 0 aromatic rings. The van der Waals surface area contributed by atoms with Crippen molar-refractivity contribution in [2.24, 2.45) is 11.1 Å². The van der Waals surface area contributed by atoms with Gasteiger partial charge in [0.15, 0.2) is 0 Å². The molecule has 2 unspecified atom stereocenters. The summed E-state index contributed by atoms with van der Waals surface area (Å²) in [7, 11) is 0. The van der Waals surface area contributed by atoms with Crippen LogP contribution in [0.5, 0.6) is 0 Å². The predicted octanol–water partition coefficient (Wildman–Crippen LogP) is 2.54. The topological polar surface area (TPSA) is 64.3 Å². The summed E-state index contributed by atoms with van der Waals surface area (Å²) in [6.45, 7) is 6.87. The number of carbonyl (C=O) groups is 1. The van der Waals surface area contributed by atoms with Crippen molar-refractivity contribution in [1.29, 1.82) is 0 Å². The highest BCUT2D eigenvalue weighted by molar-refractivity contribution is 7.80. The van der Waals surface area contributed by atoms with Crippen LogP contribution in [-0.4, -0.2) is 29.6 Å². The van der Waals surface area contributed by atoms with Crippen molar-refractivity contribution in [2.45, 2.75) is 71.4 Å². The van der Waals surface area contributed by atoms with Crippen LogP contribution in [0.3, 0.4) is 0 Å². The summed E-state index contributed by atoms with van der Waals surface area (Å²) in [6.07, 6.45) is 5.16. The van der Waals surface area contributed by atoms with Gasteiger partial charge >= 0.3 is 0 Å². The lowest BCUT2D eigenvalue weighted by molar-refractivity contribution is -0.130. The highest BCUT2D eigenvalue weighted by atomic mass is 32.1. The molecule has 4 nitrogen and oxygen atoms in total. The first-order chi connectivity index (χ1) is 9.46. The number of ether oxygens (including phenoxy) is 1. The van der Waals surface area contributed by atoms with Gasteiger partial charge in [-0.1, -0.05) is 38.9 Å². The van der Waals surface area contributed by atoms with Crippen LogP contribution in [0.25, 0.3) is 0 Å². The maximum atomic E-state index is 12.7. The second kappa shape index (κ2) is 7.93. The third-order valence-electron chi connectivity index (χ3n) is 4.08. The van der Waals surface area contributed by atoms with Crippen molar-refractivity contribution in [2.75, 3.05) is 6.61 Å². The summed E-state index contributed by atoms with van der Waals surface area (Å²) < 4.78 is 5.52. The third kappa shape index (κ3) is 4.16. The van der Waals surface area contributed by atoms with E-state index in [4.69, 9.17) is 22.7 Å². The van der Waals surface area contributed by atoms with Crippen LogP contribution < -0.4 is 11.1 Å². The number of carbonyl (C=O) groups excluding carboxylic acids is 1. The molecule has 0 spiro atoms. The molecule has 2 atom stereocenters. The van der Waals surface area contributed by atoms with Crippen LogP contribution in [0.1, 0.15) is 59.3 Å². The molecule has 0 aromatic carbocycles. The van der Waals surface area contributed by atoms with Crippen molar-refractivity contribution < 1.29 is 9.53 Å². The number of nitrogens with two attached hydrogens (primary N) is 1. The van der Waals surface area contributed by atoms with Gasteiger partial charge in [0.1, 0.15) is 0 Å². The van der Waals surface area contributed by atoms with E-state index in [1.807, 2.05) is 6.92 Å². The monoisotopic (exact) mass is 300 g/mol. The van der Waals surface area contributed by atoms with E-state index in [1.165, 1.54) is 0 Å². The van der Waals surface area contributed by atoms with Crippen LogP contribution in [0, 0.1) is 5.41 Å². The SMILES string of the molecule is CCCC(CCC)(C(=O)NC1CCOC(C)C1)C(N)=S. The average Bonchev–Trinajstić information content (AvgIpc) is 2.37. The standard InChI is InChI=1S/C15H28N2O2S/c1-4-7-15(8-5-2,13(16)20)14(18)17-12-6-9-19-11(3)10-12/h11-12H,4-10H2,1-3H3,(H2,16,20)(H,17,18). The Labute approximate surface area is 127 Å². The summed E-state index contributed by atoms with van der Waals surface area (Å²) in [5, 5.41) is 3.15. The zero-order valence-electron chi connectivity index (χ0n) is 12.9. The van der Waals surface area contributed by atoms with Gasteiger partial charge in [-0.05, 0) is 32.6 Å². The Kier molecular flexibility index (Phi) is 6.89. The number of hydrogen-bond acceptors (Lipinski definition) is 3. The molecule has 20 heavy (non-hydrogen) atoms. The first kappa shape index (κ1) is 17.4. The van der Waals surface area contributed by atoms with Crippen LogP contribution in [-0.2, 0) is 9.53 Å². The highest BCUT2D eigenvalue weighted by Crippen LogP contribution is 2.31. The normalized spacial score (nSPS) is 23.4. The molecule has 0 aromatic heterocycles. The van der Waals surface area contributed by atoms with Gasteiger partial charge in [0.25, 0.3) is 0 Å². The van der Waals surface area contributed by atoms with E-state index >= 15 is 0 Å². The smallest absolute Gasteiger partial charge is 0.233 e. The van der Waals surface area contributed by atoms with Gasteiger partial charge in [-0.15, -0.1) is 0 Å². The molecule has 1 heterocycles. The number of amides is 1. The fourth-order valence-corrected chi connectivity index (χ4v) is 3.31. The quantitative estimate of drug-likeness (QED) is 0.709. The van der Waals surface area contributed by atoms with E-state index in [0.29, 0.717) is 11.6 Å². The Bertz CT molecular complexity index is 341. The third-order valence-corrected chi connectivity index (χ3v) is 4.47. The lowest BCUT2D eigenvalue weighted by atomic mass is 9.77. The average molecular weight is 300 g/mol. The minimum Gasteiger partial charge on any atom is -0.392 e. The Morgan fingerprint density at radius 3 is 2.45 bits per heavy atom. The molecular formula is C15H28N2O2S. The number of thiocarbonyl (C=S) groups is 1. The molecule has 0 bridgehead atoms. The van der Waals surface area contributed by atoms with Crippen LogP contribution >= 0.6 is 12.2 Å². The van der Waals surface area contributed by atoms with E-state index in [-0.39, 0.29) is 18.1 Å². The van der Waals surface area contributed by atoms with E-state index < -0.39 is 5.41 Å². The van der Waals surface area contributed by atoms with Crippen LogP contribution in [0.2, 0.25) is 0 Å². The van der Waals surface area contributed by atoms with Gasteiger partial charge in [0, 0.05) is 12.6 Å². The highest BCUT2D eigenvalue weighted by Gasteiger charge is 2.40. The van der Waals surface area contributed by atoms with E-state index in [9.17, 15) is 4.79 Å². The van der Waals surface area contributed by atoms with Gasteiger partial charge in [-0.25, -0.2) is 0 Å². The van der Waals surface area contributed by atoms with Crippen LogP contribution in [0.4, 0.5) is 0 Å². The molecule has 1 saturated heterocycles. The predicted molar refractivity (Wildman–Crippen MR) is 85.6 cm³/mol. The van der Waals surface area contributed by atoms with Gasteiger partial charge in [-0.3, -0.25) is 4.79 Å². The summed E-state index contributed by atoms with van der Waals surface area (Å²) in [5.41, 5.74) is 5.24. The van der Waals surface area contributed by atoms with Gasteiger partial charge < -0.3 is 15.8 Å². The molecule has 1 aliphatic rings. The maximum absolute atomic E-state index is 12.7. The van der Waals surface area contributed by atoms with Crippen molar-refractivity contribution in [3.63, 3.8) is 0 Å².